The number of aromatic nitrogens is 1. The van der Waals surface area contributed by atoms with Crippen LogP contribution in [0.25, 0.3) is 39.9 Å². The van der Waals surface area contributed by atoms with Crippen LogP contribution in [-0.2, 0) is 19.1 Å². The van der Waals surface area contributed by atoms with Crippen LogP contribution in [-0.4, -0.2) is 26.2 Å². The Labute approximate surface area is 287 Å². The largest absolute Gasteiger partial charge is 0.465 e. The first-order valence-corrected chi connectivity index (χ1v) is 16.1. The number of hydrogen-bond acceptors (Lipinski definition) is 4. The number of esters is 2. The molecule has 0 unspecified atom stereocenters. The van der Waals surface area contributed by atoms with E-state index in [1.54, 1.807) is 22.9 Å². The first kappa shape index (κ1) is 31.2. The van der Waals surface area contributed by atoms with Crippen LogP contribution in [0.1, 0.15) is 28.2 Å². The van der Waals surface area contributed by atoms with Gasteiger partial charge in [0.1, 0.15) is 5.57 Å². The number of ether oxygens (including phenoxy) is 2. The first-order chi connectivity index (χ1) is 21.7. The van der Waals surface area contributed by atoms with Crippen LogP contribution in [0.2, 0.25) is 10.0 Å². The fourth-order valence-corrected chi connectivity index (χ4v) is 6.87. The molecule has 224 valence electrons. The van der Waals surface area contributed by atoms with Gasteiger partial charge in [0.2, 0.25) is 5.52 Å². The van der Waals surface area contributed by atoms with Gasteiger partial charge in [-0.2, -0.15) is 4.57 Å². The Hall–Kier alpha value is -3.75. The van der Waals surface area contributed by atoms with E-state index in [0.717, 1.165) is 47.7 Å². The van der Waals surface area contributed by atoms with Crippen molar-refractivity contribution in [2.45, 2.75) is 5.92 Å². The maximum Gasteiger partial charge on any atom is 0.404 e. The average molecular weight is 765 g/mol. The second-order valence-corrected chi connectivity index (χ2v) is 13.0. The number of para-hydroxylation sites is 1. The highest BCUT2D eigenvalue weighted by atomic mass is 79.9. The third-order valence-electron chi connectivity index (χ3n) is 7.78. The maximum absolute atomic E-state index is 13.9. The van der Waals surface area contributed by atoms with Gasteiger partial charge in [0.05, 0.1) is 29.7 Å². The molecule has 0 spiro atoms. The van der Waals surface area contributed by atoms with E-state index < -0.39 is 17.9 Å². The maximum atomic E-state index is 13.9. The molecule has 1 aromatic heterocycles. The first-order valence-electron chi connectivity index (χ1n) is 13.8. The third kappa shape index (κ3) is 5.86. The minimum atomic E-state index is -0.676. The van der Waals surface area contributed by atoms with Crippen LogP contribution >= 0.6 is 55.1 Å². The average Bonchev–Trinajstić information content (AvgIpc) is 3.35. The summed E-state index contributed by atoms with van der Waals surface area (Å²) >= 11 is 19.5. The standard InChI is InChI=1S/C36H24Br2Cl2NO4/c1-44-35(42)33(32-27-18-22(37)10-12-25(27)26-13-11-23(38)19-28(26)32)34(36(43)45-2)41-16-15-21(24-5-3-4-6-31(24)41)9-7-20-8-14-29(39)30(40)17-20/h3-19,32H,1-2H3/q+1/b9-7+,34-33-. The molecule has 4 aromatic carbocycles. The molecule has 1 aliphatic carbocycles. The Morgan fingerprint density at radius 1 is 0.756 bits per heavy atom. The third-order valence-corrected chi connectivity index (χ3v) is 9.51. The van der Waals surface area contributed by atoms with Crippen molar-refractivity contribution in [3.8, 4) is 11.1 Å². The highest BCUT2D eigenvalue weighted by Crippen LogP contribution is 2.50. The minimum absolute atomic E-state index is 0.0595. The summed E-state index contributed by atoms with van der Waals surface area (Å²) in [4.78, 5) is 27.7. The quantitative estimate of drug-likeness (QED) is 0.0983. The van der Waals surface area contributed by atoms with E-state index in [9.17, 15) is 9.59 Å². The molecule has 1 aliphatic rings. The number of pyridine rings is 1. The molecule has 0 fully saturated rings. The molecule has 0 saturated carbocycles. The summed E-state index contributed by atoms with van der Waals surface area (Å²) in [6.07, 6.45) is 5.67. The van der Waals surface area contributed by atoms with Crippen LogP contribution in [0.4, 0.5) is 0 Å². The van der Waals surface area contributed by atoms with E-state index in [-0.39, 0.29) is 11.3 Å². The van der Waals surface area contributed by atoms with E-state index >= 15 is 0 Å². The fourth-order valence-electron chi connectivity index (χ4n) is 5.80. The fraction of sp³-hybridized carbons (Fsp3) is 0.0833. The van der Waals surface area contributed by atoms with E-state index in [2.05, 4.69) is 31.9 Å². The van der Waals surface area contributed by atoms with Crippen molar-refractivity contribution >= 4 is 95.8 Å². The van der Waals surface area contributed by atoms with Crippen molar-refractivity contribution in [1.29, 1.82) is 0 Å². The lowest BCUT2D eigenvalue weighted by atomic mass is 9.87. The second kappa shape index (κ2) is 12.9. The number of benzene rings is 4. The number of nitrogens with zero attached hydrogens (tertiary/aromatic N) is 1. The molecule has 1 heterocycles. The Morgan fingerprint density at radius 3 is 2.02 bits per heavy atom. The van der Waals surface area contributed by atoms with Gasteiger partial charge in [-0.3, -0.25) is 0 Å². The van der Waals surface area contributed by atoms with Crippen molar-refractivity contribution in [3.63, 3.8) is 0 Å². The molecule has 0 bridgehead atoms. The summed E-state index contributed by atoms with van der Waals surface area (Å²) in [6.45, 7) is 0. The van der Waals surface area contributed by atoms with Crippen molar-refractivity contribution in [2.24, 2.45) is 0 Å². The number of rotatable bonds is 6. The predicted molar refractivity (Wildman–Crippen MR) is 186 cm³/mol. The summed E-state index contributed by atoms with van der Waals surface area (Å²) in [6, 6.07) is 26.9. The summed E-state index contributed by atoms with van der Waals surface area (Å²) in [5.41, 5.74) is 6.35. The van der Waals surface area contributed by atoms with Gasteiger partial charge in [-0.15, -0.1) is 0 Å². The molecule has 0 atom stereocenters. The Kier molecular flexibility index (Phi) is 8.98. The van der Waals surface area contributed by atoms with Gasteiger partial charge in [0, 0.05) is 27.0 Å². The molecular weight excluding hydrogens is 741 g/mol. The molecule has 0 aliphatic heterocycles. The zero-order chi connectivity index (χ0) is 31.8. The number of methoxy groups -OCH3 is 2. The molecule has 0 saturated heterocycles. The summed E-state index contributed by atoms with van der Waals surface area (Å²) in [7, 11) is 2.62. The van der Waals surface area contributed by atoms with Crippen LogP contribution in [0.5, 0.6) is 0 Å². The summed E-state index contributed by atoms with van der Waals surface area (Å²) < 4.78 is 14.1. The second-order valence-electron chi connectivity index (χ2n) is 10.3. The lowest BCUT2D eigenvalue weighted by molar-refractivity contribution is -0.550. The van der Waals surface area contributed by atoms with Crippen molar-refractivity contribution in [3.05, 3.63) is 138 Å². The van der Waals surface area contributed by atoms with Crippen molar-refractivity contribution in [1.82, 2.24) is 0 Å². The molecule has 5 aromatic rings. The highest BCUT2D eigenvalue weighted by Gasteiger charge is 2.43. The van der Waals surface area contributed by atoms with Gasteiger partial charge in [-0.25, -0.2) is 9.59 Å². The van der Waals surface area contributed by atoms with E-state index in [1.807, 2.05) is 84.9 Å². The number of carbonyl (C=O) groups excluding carboxylic acids is 2. The normalized spacial score (nSPS) is 13.0. The van der Waals surface area contributed by atoms with E-state index in [4.69, 9.17) is 32.7 Å². The topological polar surface area (TPSA) is 56.5 Å². The van der Waals surface area contributed by atoms with E-state index in [1.165, 1.54) is 14.2 Å². The molecule has 0 amide bonds. The van der Waals surface area contributed by atoms with Gasteiger partial charge in [0.15, 0.2) is 6.20 Å². The molecule has 45 heavy (non-hydrogen) atoms. The van der Waals surface area contributed by atoms with Crippen LogP contribution in [0.3, 0.4) is 0 Å². The number of fused-ring (bicyclic) bond motifs is 4. The summed E-state index contributed by atoms with van der Waals surface area (Å²) in [5, 5.41) is 1.79. The molecule has 6 rings (SSSR count). The van der Waals surface area contributed by atoms with Crippen LogP contribution < -0.4 is 4.57 Å². The van der Waals surface area contributed by atoms with E-state index in [0.29, 0.717) is 15.6 Å². The van der Waals surface area contributed by atoms with Gasteiger partial charge in [0.25, 0.3) is 0 Å². The number of halogens is 4. The molecular formula is C36H24Br2Cl2NO4+. The van der Waals surface area contributed by atoms with Crippen LogP contribution in [0, 0.1) is 0 Å². The predicted octanol–water partition coefficient (Wildman–Crippen LogP) is 9.50. The molecule has 0 radical (unpaired) electrons. The smallest absolute Gasteiger partial charge is 0.404 e. The van der Waals surface area contributed by atoms with Gasteiger partial charge < -0.3 is 9.47 Å². The number of carbonyl (C=O) groups is 2. The Morgan fingerprint density at radius 2 is 1.40 bits per heavy atom. The Balaban J connectivity index is 1.62. The molecule has 5 nitrogen and oxygen atoms in total. The van der Waals surface area contributed by atoms with Crippen molar-refractivity contribution < 1.29 is 23.6 Å². The van der Waals surface area contributed by atoms with Crippen molar-refractivity contribution in [2.75, 3.05) is 14.2 Å². The van der Waals surface area contributed by atoms with Gasteiger partial charge in [-0.1, -0.05) is 97.5 Å². The monoisotopic (exact) mass is 762 g/mol. The lowest BCUT2D eigenvalue weighted by Gasteiger charge is -2.18. The van der Waals surface area contributed by atoms with Crippen LogP contribution in [0.15, 0.2) is 106 Å². The Bertz CT molecular complexity index is 2040. The zero-order valence-electron chi connectivity index (χ0n) is 24.0. The lowest BCUT2D eigenvalue weighted by Crippen LogP contribution is -2.40. The summed E-state index contributed by atoms with van der Waals surface area (Å²) in [5.74, 6) is -1.93. The minimum Gasteiger partial charge on any atom is -0.465 e. The number of hydrogen-bond donors (Lipinski definition) is 0. The highest BCUT2D eigenvalue weighted by molar-refractivity contribution is 9.10. The molecule has 9 heteroatoms. The molecule has 0 N–H and O–H groups in total. The zero-order valence-corrected chi connectivity index (χ0v) is 28.7. The van der Waals surface area contributed by atoms with Gasteiger partial charge in [-0.05, 0) is 75.8 Å². The van der Waals surface area contributed by atoms with Gasteiger partial charge >= 0.3 is 17.6 Å². The SMILES string of the molecule is COC(=O)/C(=C(/C(=O)OC)[n+]1ccc(/C=C/c2ccc(Cl)c(Cl)c2)c2ccccc21)C1c2cc(Br)ccc2-c2ccc(Br)cc21.